The van der Waals surface area contributed by atoms with Gasteiger partial charge in [0.25, 0.3) is 0 Å². The minimum atomic E-state index is -0.614. The van der Waals surface area contributed by atoms with E-state index in [0.717, 1.165) is 5.75 Å². The van der Waals surface area contributed by atoms with Gasteiger partial charge >= 0.3 is 5.97 Å². The van der Waals surface area contributed by atoms with E-state index in [1.807, 2.05) is 36.4 Å². The maximum atomic E-state index is 12.0. The van der Waals surface area contributed by atoms with E-state index in [0.29, 0.717) is 24.7 Å². The van der Waals surface area contributed by atoms with Gasteiger partial charge in [-0.1, -0.05) is 18.2 Å². The third-order valence-corrected chi connectivity index (χ3v) is 4.02. The molecule has 0 radical (unpaired) electrons. The van der Waals surface area contributed by atoms with Crippen molar-refractivity contribution in [2.75, 3.05) is 26.1 Å². The highest BCUT2D eigenvalue weighted by Gasteiger charge is 2.21. The van der Waals surface area contributed by atoms with E-state index in [9.17, 15) is 10.1 Å². The van der Waals surface area contributed by atoms with Crippen LogP contribution in [0.5, 0.6) is 11.5 Å². The zero-order valence-electron chi connectivity index (χ0n) is 15.3. The van der Waals surface area contributed by atoms with Gasteiger partial charge in [0, 0.05) is 11.9 Å². The van der Waals surface area contributed by atoms with E-state index >= 15 is 0 Å². The van der Waals surface area contributed by atoms with Crippen molar-refractivity contribution in [3.63, 3.8) is 0 Å². The number of anilines is 1. The molecule has 2 aromatic carbocycles. The number of nitrogens with zero attached hydrogens (tertiary/aromatic N) is 2. The molecule has 0 fully saturated rings. The van der Waals surface area contributed by atoms with Crippen molar-refractivity contribution in [2.45, 2.75) is 0 Å². The Morgan fingerprint density at radius 1 is 1.04 bits per heavy atom. The average molecular weight is 377 g/mol. The Kier molecular flexibility index (Phi) is 5.82. The average Bonchev–Trinajstić information content (AvgIpc) is 3.08. The molecule has 0 unspecified atom stereocenters. The fourth-order valence-corrected chi connectivity index (χ4v) is 2.66. The third kappa shape index (κ3) is 4.07. The van der Waals surface area contributed by atoms with E-state index in [1.54, 1.807) is 24.3 Å². The van der Waals surface area contributed by atoms with Gasteiger partial charge < -0.3 is 24.5 Å². The minimum absolute atomic E-state index is 0.0905. The molecule has 1 heterocycles. The summed E-state index contributed by atoms with van der Waals surface area (Å²) in [5.74, 6) is 0.827. The number of benzene rings is 2. The zero-order chi connectivity index (χ0) is 19.9. The number of rotatable bonds is 7. The van der Waals surface area contributed by atoms with Crippen LogP contribution in [0.3, 0.4) is 0 Å². The van der Waals surface area contributed by atoms with Crippen molar-refractivity contribution in [1.82, 2.24) is 4.57 Å². The van der Waals surface area contributed by atoms with Crippen molar-refractivity contribution in [1.29, 1.82) is 5.26 Å². The van der Waals surface area contributed by atoms with Gasteiger partial charge in [-0.25, -0.2) is 4.79 Å². The second kappa shape index (κ2) is 8.64. The van der Waals surface area contributed by atoms with Crippen LogP contribution in [-0.4, -0.2) is 30.9 Å². The van der Waals surface area contributed by atoms with Crippen LogP contribution in [0.4, 0.5) is 5.69 Å². The number of nitrogen functional groups attached to an aromatic ring is 1. The number of hydrogen-bond donors (Lipinski definition) is 1. The van der Waals surface area contributed by atoms with Gasteiger partial charge in [-0.05, 0) is 36.4 Å². The summed E-state index contributed by atoms with van der Waals surface area (Å²) in [6.45, 7) is 0.800. The van der Waals surface area contributed by atoms with Crippen LogP contribution >= 0.6 is 0 Å². The van der Waals surface area contributed by atoms with Gasteiger partial charge in [-0.15, -0.1) is 0 Å². The van der Waals surface area contributed by atoms with E-state index in [4.69, 9.17) is 19.9 Å². The molecule has 0 atom stereocenters. The number of aromatic nitrogens is 1. The van der Waals surface area contributed by atoms with Gasteiger partial charge in [-0.2, -0.15) is 5.26 Å². The second-order valence-corrected chi connectivity index (χ2v) is 5.78. The molecule has 2 N–H and O–H groups in total. The maximum Gasteiger partial charge on any atom is 0.357 e. The Balaban J connectivity index is 1.68. The Labute approximate surface area is 162 Å². The highest BCUT2D eigenvalue weighted by molar-refractivity contribution is 5.95. The van der Waals surface area contributed by atoms with Crippen LogP contribution in [-0.2, 0) is 4.74 Å². The largest absolute Gasteiger partial charge is 0.490 e. The minimum Gasteiger partial charge on any atom is -0.490 e. The lowest BCUT2D eigenvalue weighted by atomic mass is 10.2. The van der Waals surface area contributed by atoms with Crippen molar-refractivity contribution >= 4 is 11.7 Å². The SMILES string of the molecule is COC(=O)c1c(N)c(C#N)cn1-c1ccc(OCCOc2ccccc2)cc1. The highest BCUT2D eigenvalue weighted by Crippen LogP contribution is 2.25. The number of ether oxygens (including phenoxy) is 3. The standard InChI is InChI=1S/C21H19N3O4/c1-26-21(25)20-19(23)15(13-22)14-24(20)16-7-9-18(10-8-16)28-12-11-27-17-5-3-2-4-6-17/h2-10,14H,11-12,23H2,1H3. The molecule has 7 heteroatoms. The smallest absolute Gasteiger partial charge is 0.357 e. The lowest BCUT2D eigenvalue weighted by Crippen LogP contribution is -2.11. The normalized spacial score (nSPS) is 10.1. The lowest BCUT2D eigenvalue weighted by molar-refractivity contribution is 0.0593. The summed E-state index contributed by atoms with van der Waals surface area (Å²) in [4.78, 5) is 12.0. The van der Waals surface area contributed by atoms with E-state index in [1.165, 1.54) is 17.9 Å². The summed E-state index contributed by atoms with van der Waals surface area (Å²) < 4.78 is 17.5. The van der Waals surface area contributed by atoms with Gasteiger partial charge in [-0.3, -0.25) is 0 Å². The van der Waals surface area contributed by atoms with Crippen LogP contribution in [0, 0.1) is 11.3 Å². The molecule has 0 amide bonds. The molecule has 3 rings (SSSR count). The van der Waals surface area contributed by atoms with Crippen LogP contribution < -0.4 is 15.2 Å². The number of carbonyl (C=O) groups is 1. The predicted molar refractivity (Wildman–Crippen MR) is 104 cm³/mol. The van der Waals surface area contributed by atoms with E-state index in [-0.39, 0.29) is 16.9 Å². The summed E-state index contributed by atoms with van der Waals surface area (Å²) in [5, 5.41) is 9.18. The maximum absolute atomic E-state index is 12.0. The van der Waals surface area contributed by atoms with E-state index < -0.39 is 5.97 Å². The first-order valence-corrected chi connectivity index (χ1v) is 8.54. The lowest BCUT2D eigenvalue weighted by Gasteiger charge is -2.11. The van der Waals surface area contributed by atoms with Gasteiger partial charge in [0.1, 0.15) is 30.8 Å². The molecular weight excluding hydrogens is 358 g/mol. The fraction of sp³-hybridized carbons (Fsp3) is 0.143. The zero-order valence-corrected chi connectivity index (χ0v) is 15.3. The predicted octanol–water partition coefficient (Wildman–Crippen LogP) is 3.18. The molecule has 28 heavy (non-hydrogen) atoms. The quantitative estimate of drug-likeness (QED) is 0.501. The molecule has 0 saturated carbocycles. The second-order valence-electron chi connectivity index (χ2n) is 5.78. The number of methoxy groups -OCH3 is 1. The number of carbonyl (C=O) groups excluding carboxylic acids is 1. The molecule has 7 nitrogen and oxygen atoms in total. The van der Waals surface area contributed by atoms with Crippen LogP contribution in [0.25, 0.3) is 5.69 Å². The van der Waals surface area contributed by atoms with Crippen LogP contribution in [0.15, 0.2) is 60.8 Å². The Morgan fingerprint density at radius 3 is 2.21 bits per heavy atom. The van der Waals surface area contributed by atoms with Crippen molar-refractivity contribution < 1.29 is 19.0 Å². The summed E-state index contributed by atoms with van der Waals surface area (Å²) in [7, 11) is 1.26. The molecule has 0 saturated heterocycles. The molecule has 3 aromatic rings. The summed E-state index contributed by atoms with van der Waals surface area (Å²) in [6.07, 6.45) is 1.51. The highest BCUT2D eigenvalue weighted by atomic mass is 16.5. The molecular formula is C21H19N3O4. The Morgan fingerprint density at radius 2 is 1.64 bits per heavy atom. The number of nitriles is 1. The fourth-order valence-electron chi connectivity index (χ4n) is 2.66. The number of esters is 1. The summed E-state index contributed by atoms with van der Waals surface area (Å²) >= 11 is 0. The third-order valence-electron chi connectivity index (χ3n) is 4.02. The van der Waals surface area contributed by atoms with Crippen molar-refractivity contribution in [3.8, 4) is 23.3 Å². The van der Waals surface area contributed by atoms with Crippen molar-refractivity contribution in [3.05, 3.63) is 72.1 Å². The number of para-hydroxylation sites is 1. The van der Waals surface area contributed by atoms with E-state index in [2.05, 4.69) is 0 Å². The Bertz CT molecular complexity index is 989. The first-order chi connectivity index (χ1) is 13.6. The summed E-state index contributed by atoms with van der Waals surface area (Å²) in [6, 6.07) is 18.5. The number of hydrogen-bond acceptors (Lipinski definition) is 6. The van der Waals surface area contributed by atoms with Gasteiger partial charge in [0.05, 0.1) is 18.4 Å². The first-order valence-electron chi connectivity index (χ1n) is 8.54. The molecule has 0 spiro atoms. The van der Waals surface area contributed by atoms with Crippen LogP contribution in [0.1, 0.15) is 16.1 Å². The van der Waals surface area contributed by atoms with Gasteiger partial charge in [0.15, 0.2) is 5.69 Å². The van der Waals surface area contributed by atoms with Gasteiger partial charge in [0.2, 0.25) is 0 Å². The molecule has 142 valence electrons. The molecule has 0 aliphatic heterocycles. The topological polar surface area (TPSA) is 99.5 Å². The molecule has 0 bridgehead atoms. The monoisotopic (exact) mass is 377 g/mol. The molecule has 0 aliphatic rings. The van der Waals surface area contributed by atoms with Crippen molar-refractivity contribution in [2.24, 2.45) is 0 Å². The first kappa shape index (κ1) is 18.9. The molecule has 1 aromatic heterocycles. The van der Waals surface area contributed by atoms with Crippen LogP contribution in [0.2, 0.25) is 0 Å². The molecule has 0 aliphatic carbocycles. The summed E-state index contributed by atoms with van der Waals surface area (Å²) in [5.41, 5.74) is 6.97. The Hall–Kier alpha value is -3.92. The number of nitrogens with two attached hydrogens (primary N) is 1.